The van der Waals surface area contributed by atoms with Gasteiger partial charge in [-0.1, -0.05) is 24.3 Å². The van der Waals surface area contributed by atoms with Crippen LogP contribution in [0.3, 0.4) is 0 Å². The van der Waals surface area contributed by atoms with Crippen molar-refractivity contribution in [3.63, 3.8) is 0 Å². The van der Waals surface area contributed by atoms with E-state index in [2.05, 4.69) is 15.9 Å². The number of methoxy groups -OCH3 is 2. The summed E-state index contributed by atoms with van der Waals surface area (Å²) < 4.78 is 11.5. The number of ketones is 2. The van der Waals surface area contributed by atoms with Crippen molar-refractivity contribution in [1.29, 1.82) is 0 Å². The number of benzene rings is 3. The zero-order valence-electron chi connectivity index (χ0n) is 17.6. The number of aliphatic hydroxyl groups is 1. The van der Waals surface area contributed by atoms with Crippen molar-refractivity contribution in [2.45, 2.75) is 12.5 Å². The van der Waals surface area contributed by atoms with Crippen molar-refractivity contribution in [3.05, 3.63) is 96.5 Å². The number of carbonyl (C=O) groups excluding carboxylic acids is 2. The van der Waals surface area contributed by atoms with E-state index in [1.54, 1.807) is 24.3 Å². The number of nitro benzene ring substituents is 1. The van der Waals surface area contributed by atoms with E-state index in [-0.39, 0.29) is 57.4 Å². The van der Waals surface area contributed by atoms with Crippen LogP contribution in [0, 0.1) is 10.1 Å². The van der Waals surface area contributed by atoms with Crippen LogP contribution >= 0.6 is 15.9 Å². The van der Waals surface area contributed by atoms with Gasteiger partial charge in [-0.05, 0) is 33.6 Å². The quantitative estimate of drug-likeness (QED) is 0.300. The molecular weight excluding hydrogens is 494 g/mol. The first-order valence-electron chi connectivity index (χ1n) is 9.87. The Balaban J connectivity index is 1.86. The standard InChI is InChI=1S/C24H18BrNO7/c1-32-23-16(11-17(27)12-7-9-13(10-8-12)26(30)31)20(25)24(33-2)19-18(23)21(28)14-5-3-4-6-15(14)22(19)29/h3-10,17,27H,11H2,1-2H3. The largest absolute Gasteiger partial charge is 0.496 e. The third kappa shape index (κ3) is 3.69. The Morgan fingerprint density at radius 2 is 1.45 bits per heavy atom. The molecule has 33 heavy (non-hydrogen) atoms. The number of fused-ring (bicyclic) bond motifs is 2. The molecule has 9 heteroatoms. The molecule has 0 aromatic heterocycles. The van der Waals surface area contributed by atoms with E-state index in [4.69, 9.17) is 9.47 Å². The molecule has 1 aliphatic carbocycles. The van der Waals surface area contributed by atoms with Gasteiger partial charge in [-0.25, -0.2) is 0 Å². The topological polar surface area (TPSA) is 116 Å². The smallest absolute Gasteiger partial charge is 0.269 e. The Hall–Kier alpha value is -3.56. The SMILES string of the molecule is COc1c(Br)c(CC(O)c2ccc([N+](=O)[O-])cc2)c(OC)c2c1C(=O)c1ccccc1C2=O. The molecule has 4 rings (SSSR count). The number of aliphatic hydroxyl groups excluding tert-OH is 1. The Morgan fingerprint density at radius 1 is 0.939 bits per heavy atom. The Kier molecular flexibility index (Phi) is 6.01. The van der Waals surface area contributed by atoms with E-state index in [0.29, 0.717) is 15.6 Å². The van der Waals surface area contributed by atoms with Crippen molar-refractivity contribution in [1.82, 2.24) is 0 Å². The van der Waals surface area contributed by atoms with Crippen LogP contribution in [-0.4, -0.2) is 35.8 Å². The van der Waals surface area contributed by atoms with Gasteiger partial charge >= 0.3 is 0 Å². The monoisotopic (exact) mass is 511 g/mol. The third-order valence-electron chi connectivity index (χ3n) is 5.61. The predicted octanol–water partition coefficient (Wildman–Crippen LogP) is 4.43. The first kappa shape index (κ1) is 22.6. The number of hydrogen-bond donors (Lipinski definition) is 1. The van der Waals surface area contributed by atoms with Gasteiger partial charge in [0.05, 0.1) is 40.8 Å². The van der Waals surface area contributed by atoms with Crippen molar-refractivity contribution >= 4 is 33.2 Å². The first-order chi connectivity index (χ1) is 15.8. The molecule has 0 saturated carbocycles. The van der Waals surface area contributed by atoms with Gasteiger partial charge in [-0.2, -0.15) is 0 Å². The van der Waals surface area contributed by atoms with Gasteiger partial charge in [0.25, 0.3) is 5.69 Å². The number of hydrogen-bond acceptors (Lipinski definition) is 7. The normalized spacial score (nSPS) is 13.2. The molecule has 0 fully saturated rings. The maximum Gasteiger partial charge on any atom is 0.269 e. The molecule has 3 aromatic rings. The highest BCUT2D eigenvalue weighted by Crippen LogP contribution is 2.47. The summed E-state index contributed by atoms with van der Waals surface area (Å²) in [6.07, 6.45) is -1.07. The van der Waals surface area contributed by atoms with Crippen LogP contribution in [0.2, 0.25) is 0 Å². The minimum Gasteiger partial charge on any atom is -0.496 e. The van der Waals surface area contributed by atoms with Crippen LogP contribution in [0.25, 0.3) is 0 Å². The average Bonchev–Trinajstić information content (AvgIpc) is 2.83. The average molecular weight is 512 g/mol. The Labute approximate surface area is 197 Å². The molecule has 1 unspecified atom stereocenters. The number of ether oxygens (including phenoxy) is 2. The van der Waals surface area contributed by atoms with E-state index in [1.807, 2.05) is 0 Å². The minimum absolute atomic E-state index is 0.00563. The lowest BCUT2D eigenvalue weighted by Crippen LogP contribution is -2.24. The molecule has 8 nitrogen and oxygen atoms in total. The van der Waals surface area contributed by atoms with Gasteiger partial charge in [0.1, 0.15) is 11.5 Å². The van der Waals surface area contributed by atoms with Crippen molar-refractivity contribution < 1.29 is 29.1 Å². The number of carbonyl (C=O) groups is 2. The molecular formula is C24H18BrNO7. The summed E-state index contributed by atoms with van der Waals surface area (Å²) in [6, 6.07) is 12.1. The van der Waals surface area contributed by atoms with Gasteiger partial charge in [0.15, 0.2) is 11.6 Å². The summed E-state index contributed by atoms with van der Waals surface area (Å²) in [7, 11) is 2.77. The second-order valence-corrected chi connectivity index (χ2v) is 8.17. The highest BCUT2D eigenvalue weighted by atomic mass is 79.9. The number of rotatable bonds is 6. The molecule has 0 saturated heterocycles. The zero-order valence-corrected chi connectivity index (χ0v) is 19.2. The fourth-order valence-electron chi connectivity index (χ4n) is 4.03. The molecule has 0 amide bonds. The molecule has 0 spiro atoms. The Bertz CT molecular complexity index is 1300. The summed E-state index contributed by atoms with van der Waals surface area (Å²) in [6.45, 7) is 0. The zero-order chi connectivity index (χ0) is 23.9. The molecule has 168 valence electrons. The molecule has 1 atom stereocenters. The highest BCUT2D eigenvalue weighted by Gasteiger charge is 2.38. The van der Waals surface area contributed by atoms with Gasteiger partial charge in [0, 0.05) is 35.2 Å². The first-order valence-corrected chi connectivity index (χ1v) is 10.7. The lowest BCUT2D eigenvalue weighted by Gasteiger charge is -2.26. The second kappa shape index (κ2) is 8.76. The molecule has 0 heterocycles. The van der Waals surface area contributed by atoms with Crippen LogP contribution < -0.4 is 9.47 Å². The fraction of sp³-hybridized carbons (Fsp3) is 0.167. The molecule has 0 radical (unpaired) electrons. The number of nitro groups is 1. The lowest BCUT2D eigenvalue weighted by molar-refractivity contribution is -0.384. The molecule has 3 aromatic carbocycles. The van der Waals surface area contributed by atoms with E-state index >= 15 is 0 Å². The number of halogens is 1. The van der Waals surface area contributed by atoms with Crippen molar-refractivity contribution in [2.75, 3.05) is 14.2 Å². The van der Waals surface area contributed by atoms with Crippen LogP contribution in [0.1, 0.15) is 49.1 Å². The summed E-state index contributed by atoms with van der Waals surface area (Å²) in [5.74, 6) is -0.413. The Morgan fingerprint density at radius 3 is 1.94 bits per heavy atom. The maximum absolute atomic E-state index is 13.4. The van der Waals surface area contributed by atoms with Gasteiger partial charge in [0.2, 0.25) is 0 Å². The number of non-ortho nitro benzene ring substituents is 1. The predicted molar refractivity (Wildman–Crippen MR) is 122 cm³/mol. The summed E-state index contributed by atoms with van der Waals surface area (Å²) >= 11 is 3.46. The van der Waals surface area contributed by atoms with Crippen molar-refractivity contribution in [3.8, 4) is 11.5 Å². The van der Waals surface area contributed by atoms with E-state index in [0.717, 1.165) is 0 Å². The van der Waals surface area contributed by atoms with Crippen molar-refractivity contribution in [2.24, 2.45) is 0 Å². The van der Waals surface area contributed by atoms with Crippen LogP contribution in [0.15, 0.2) is 53.0 Å². The molecule has 0 bridgehead atoms. The summed E-state index contributed by atoms with van der Waals surface area (Å²) in [5, 5.41) is 21.8. The second-order valence-electron chi connectivity index (χ2n) is 7.38. The minimum atomic E-state index is -1.07. The summed E-state index contributed by atoms with van der Waals surface area (Å²) in [4.78, 5) is 37.1. The van der Waals surface area contributed by atoms with E-state index < -0.39 is 11.0 Å². The third-order valence-corrected chi connectivity index (χ3v) is 6.45. The van der Waals surface area contributed by atoms with E-state index in [9.17, 15) is 24.8 Å². The van der Waals surface area contributed by atoms with Crippen LogP contribution in [0.5, 0.6) is 11.5 Å². The van der Waals surface area contributed by atoms with Gasteiger partial charge < -0.3 is 14.6 Å². The van der Waals surface area contributed by atoms with Gasteiger partial charge in [-0.15, -0.1) is 0 Å². The van der Waals surface area contributed by atoms with Crippen LogP contribution in [0.4, 0.5) is 5.69 Å². The van der Waals surface area contributed by atoms with Crippen LogP contribution in [-0.2, 0) is 6.42 Å². The fourth-order valence-corrected chi connectivity index (χ4v) is 4.74. The maximum atomic E-state index is 13.4. The summed E-state index contributed by atoms with van der Waals surface area (Å²) in [5.41, 5.74) is 1.49. The molecule has 0 aliphatic heterocycles. The van der Waals surface area contributed by atoms with E-state index in [1.165, 1.54) is 38.5 Å². The molecule has 1 aliphatic rings. The highest BCUT2D eigenvalue weighted by molar-refractivity contribution is 9.10. The number of nitrogens with zero attached hydrogens (tertiary/aromatic N) is 1. The lowest BCUT2D eigenvalue weighted by atomic mass is 9.81. The van der Waals surface area contributed by atoms with Gasteiger partial charge in [-0.3, -0.25) is 19.7 Å². The molecule has 1 N–H and O–H groups in total.